The Morgan fingerprint density at radius 1 is 1.30 bits per heavy atom. The van der Waals surface area contributed by atoms with Crippen molar-refractivity contribution >= 4 is 21.7 Å². The fourth-order valence-corrected chi connectivity index (χ4v) is 2.02. The molecule has 20 heavy (non-hydrogen) atoms. The van der Waals surface area contributed by atoms with Gasteiger partial charge in [0.05, 0.1) is 6.10 Å². The fourth-order valence-electron chi connectivity index (χ4n) is 1.61. The molecule has 0 atom stereocenters. The lowest BCUT2D eigenvalue weighted by molar-refractivity contribution is 0.232. The summed E-state index contributed by atoms with van der Waals surface area (Å²) in [6.45, 7) is 4.18. The van der Waals surface area contributed by atoms with E-state index in [-0.39, 0.29) is 11.9 Å². The number of aromatic nitrogens is 2. The van der Waals surface area contributed by atoms with E-state index in [1.807, 2.05) is 13.8 Å². The molecule has 4 nitrogen and oxygen atoms in total. The van der Waals surface area contributed by atoms with Gasteiger partial charge in [0.1, 0.15) is 18.0 Å². The zero-order valence-electron chi connectivity index (χ0n) is 11.2. The molecule has 0 aliphatic carbocycles. The number of hydrogen-bond acceptors (Lipinski definition) is 4. The molecule has 6 heteroatoms. The molecule has 0 saturated heterocycles. The Morgan fingerprint density at radius 3 is 2.85 bits per heavy atom. The zero-order chi connectivity index (χ0) is 14.5. The summed E-state index contributed by atoms with van der Waals surface area (Å²) in [6, 6.07) is 6.51. The second kappa shape index (κ2) is 6.65. The van der Waals surface area contributed by atoms with Crippen LogP contribution in [0.3, 0.4) is 0 Å². The van der Waals surface area contributed by atoms with Crippen LogP contribution < -0.4 is 10.1 Å². The highest BCUT2D eigenvalue weighted by molar-refractivity contribution is 9.10. The van der Waals surface area contributed by atoms with Crippen LogP contribution in [0.2, 0.25) is 0 Å². The maximum atomic E-state index is 13.6. The van der Waals surface area contributed by atoms with Gasteiger partial charge in [0.25, 0.3) is 0 Å². The first-order valence-corrected chi connectivity index (χ1v) is 7.00. The van der Waals surface area contributed by atoms with Crippen molar-refractivity contribution in [3.8, 4) is 5.88 Å². The van der Waals surface area contributed by atoms with Gasteiger partial charge in [0.15, 0.2) is 0 Å². The summed E-state index contributed by atoms with van der Waals surface area (Å²) < 4.78 is 19.9. The third-order valence-electron chi connectivity index (χ3n) is 2.47. The Balaban J connectivity index is 2.05. The molecule has 0 radical (unpaired) electrons. The monoisotopic (exact) mass is 339 g/mol. The molecule has 0 bridgehead atoms. The van der Waals surface area contributed by atoms with Gasteiger partial charge in [-0.25, -0.2) is 14.4 Å². The Morgan fingerprint density at radius 2 is 2.10 bits per heavy atom. The van der Waals surface area contributed by atoms with Crippen LogP contribution in [0.15, 0.2) is 35.1 Å². The molecule has 0 aliphatic rings. The van der Waals surface area contributed by atoms with Gasteiger partial charge in [0, 0.05) is 22.6 Å². The van der Waals surface area contributed by atoms with E-state index < -0.39 is 0 Å². The number of rotatable bonds is 5. The SMILES string of the molecule is CC(C)Oc1cc(NCc2cc(Br)ccc2F)ncn1. The summed E-state index contributed by atoms with van der Waals surface area (Å²) in [5, 5.41) is 3.05. The molecular weight excluding hydrogens is 325 g/mol. The highest BCUT2D eigenvalue weighted by Gasteiger charge is 2.05. The summed E-state index contributed by atoms with van der Waals surface area (Å²) in [7, 11) is 0. The fraction of sp³-hybridized carbons (Fsp3) is 0.286. The molecule has 2 aromatic rings. The van der Waals surface area contributed by atoms with Crippen molar-refractivity contribution in [1.29, 1.82) is 0 Å². The molecule has 0 aliphatic heterocycles. The van der Waals surface area contributed by atoms with Crippen molar-refractivity contribution < 1.29 is 9.13 Å². The van der Waals surface area contributed by atoms with Crippen LogP contribution in [0, 0.1) is 5.82 Å². The van der Waals surface area contributed by atoms with Crippen molar-refractivity contribution in [3.05, 3.63) is 46.4 Å². The van der Waals surface area contributed by atoms with E-state index in [1.54, 1.807) is 18.2 Å². The highest BCUT2D eigenvalue weighted by atomic mass is 79.9. The lowest BCUT2D eigenvalue weighted by Gasteiger charge is -2.10. The molecule has 1 N–H and O–H groups in total. The van der Waals surface area contributed by atoms with Crippen LogP contribution in [0.1, 0.15) is 19.4 Å². The number of hydrogen-bond donors (Lipinski definition) is 1. The van der Waals surface area contributed by atoms with Gasteiger partial charge < -0.3 is 10.1 Å². The predicted molar refractivity (Wildman–Crippen MR) is 79.2 cm³/mol. The summed E-state index contributed by atoms with van der Waals surface area (Å²) >= 11 is 3.32. The van der Waals surface area contributed by atoms with Gasteiger partial charge in [-0.05, 0) is 32.0 Å². The largest absolute Gasteiger partial charge is 0.475 e. The van der Waals surface area contributed by atoms with Gasteiger partial charge in [0.2, 0.25) is 5.88 Å². The molecule has 106 valence electrons. The number of ether oxygens (including phenoxy) is 1. The maximum Gasteiger partial charge on any atom is 0.218 e. The van der Waals surface area contributed by atoms with Crippen LogP contribution in [0.25, 0.3) is 0 Å². The molecular formula is C14H15BrFN3O. The van der Waals surface area contributed by atoms with E-state index in [9.17, 15) is 4.39 Å². The summed E-state index contributed by atoms with van der Waals surface area (Å²) in [6.07, 6.45) is 1.46. The van der Waals surface area contributed by atoms with Crippen LogP contribution in [-0.4, -0.2) is 16.1 Å². The number of nitrogens with zero attached hydrogens (tertiary/aromatic N) is 2. The number of benzene rings is 1. The number of nitrogens with one attached hydrogen (secondary N) is 1. The van der Waals surface area contributed by atoms with Crippen molar-refractivity contribution in [2.45, 2.75) is 26.5 Å². The van der Waals surface area contributed by atoms with Crippen molar-refractivity contribution in [2.75, 3.05) is 5.32 Å². The number of halogens is 2. The zero-order valence-corrected chi connectivity index (χ0v) is 12.8. The molecule has 0 saturated carbocycles. The first-order valence-electron chi connectivity index (χ1n) is 6.21. The summed E-state index contributed by atoms with van der Waals surface area (Å²) in [5.41, 5.74) is 0.560. The minimum Gasteiger partial charge on any atom is -0.475 e. The Hall–Kier alpha value is -1.69. The van der Waals surface area contributed by atoms with E-state index in [1.165, 1.54) is 12.4 Å². The second-order valence-electron chi connectivity index (χ2n) is 4.50. The molecule has 1 heterocycles. The van der Waals surface area contributed by atoms with Crippen LogP contribution in [0.4, 0.5) is 10.2 Å². The average molecular weight is 340 g/mol. The standard InChI is InChI=1S/C14H15BrFN3O/c1-9(2)20-14-6-13(18-8-19-14)17-7-10-5-11(15)3-4-12(10)16/h3-6,8-9H,7H2,1-2H3,(H,17,18,19). The molecule has 0 fully saturated rings. The van der Waals surface area contributed by atoms with Crippen molar-refractivity contribution in [3.63, 3.8) is 0 Å². The summed E-state index contributed by atoms with van der Waals surface area (Å²) in [4.78, 5) is 8.09. The van der Waals surface area contributed by atoms with Gasteiger partial charge in [-0.15, -0.1) is 0 Å². The van der Waals surface area contributed by atoms with Gasteiger partial charge in [-0.1, -0.05) is 15.9 Å². The van der Waals surface area contributed by atoms with Gasteiger partial charge >= 0.3 is 0 Å². The summed E-state index contributed by atoms with van der Waals surface area (Å²) in [5.74, 6) is 0.829. The van der Waals surface area contributed by atoms with E-state index in [4.69, 9.17) is 4.74 Å². The first-order chi connectivity index (χ1) is 9.54. The third-order valence-corrected chi connectivity index (χ3v) is 2.96. The second-order valence-corrected chi connectivity index (χ2v) is 5.41. The molecule has 0 spiro atoms. The van der Waals surface area contributed by atoms with Gasteiger partial charge in [-0.3, -0.25) is 0 Å². The van der Waals surface area contributed by atoms with E-state index in [0.29, 0.717) is 23.8 Å². The third kappa shape index (κ3) is 4.16. The topological polar surface area (TPSA) is 47.0 Å². The van der Waals surface area contributed by atoms with E-state index in [0.717, 1.165) is 4.47 Å². The van der Waals surface area contributed by atoms with Crippen molar-refractivity contribution in [1.82, 2.24) is 9.97 Å². The Labute approximate surface area is 125 Å². The molecule has 2 rings (SSSR count). The lowest BCUT2D eigenvalue weighted by Crippen LogP contribution is -2.08. The van der Waals surface area contributed by atoms with Crippen LogP contribution >= 0.6 is 15.9 Å². The smallest absolute Gasteiger partial charge is 0.218 e. The predicted octanol–water partition coefficient (Wildman–Crippen LogP) is 3.78. The van der Waals surface area contributed by atoms with E-state index in [2.05, 4.69) is 31.2 Å². The Kier molecular flexibility index (Phi) is 4.89. The minimum atomic E-state index is -0.256. The quantitative estimate of drug-likeness (QED) is 0.900. The molecule has 1 aromatic carbocycles. The van der Waals surface area contributed by atoms with Crippen molar-refractivity contribution in [2.24, 2.45) is 0 Å². The molecule has 0 unspecified atom stereocenters. The number of anilines is 1. The van der Waals surface area contributed by atoms with Crippen LogP contribution in [0.5, 0.6) is 5.88 Å². The molecule has 1 aromatic heterocycles. The first kappa shape index (κ1) is 14.7. The highest BCUT2D eigenvalue weighted by Crippen LogP contribution is 2.18. The average Bonchev–Trinajstić information content (AvgIpc) is 2.39. The molecule has 0 amide bonds. The van der Waals surface area contributed by atoms with E-state index >= 15 is 0 Å². The van der Waals surface area contributed by atoms with Gasteiger partial charge in [-0.2, -0.15) is 0 Å². The Bertz CT molecular complexity index is 592. The minimum absolute atomic E-state index is 0.0419. The lowest BCUT2D eigenvalue weighted by atomic mass is 10.2. The maximum absolute atomic E-state index is 13.6. The van der Waals surface area contributed by atoms with Crippen LogP contribution in [-0.2, 0) is 6.54 Å². The normalized spacial score (nSPS) is 10.7.